The Morgan fingerprint density at radius 3 is 2.88 bits per heavy atom. The second-order valence-electron chi connectivity index (χ2n) is 3.64. The molecule has 1 aliphatic heterocycles. The largest absolute Gasteiger partial charge is 0.467 e. The second kappa shape index (κ2) is 6.29. The molecule has 0 bridgehead atoms. The second-order valence-corrected chi connectivity index (χ2v) is 5.40. The van der Waals surface area contributed by atoms with E-state index >= 15 is 0 Å². The molecule has 0 aromatic carbocycles. The summed E-state index contributed by atoms with van der Waals surface area (Å²) >= 11 is 0. The fourth-order valence-corrected chi connectivity index (χ4v) is 2.73. The van der Waals surface area contributed by atoms with E-state index in [1.165, 1.54) is 11.4 Å². The first kappa shape index (κ1) is 14.4. The minimum absolute atomic E-state index is 0.00821. The average molecular weight is 266 g/mol. The van der Waals surface area contributed by atoms with Crippen LogP contribution >= 0.6 is 0 Å². The first-order chi connectivity index (χ1) is 8.01. The van der Waals surface area contributed by atoms with Crippen LogP contribution < -0.4 is 4.72 Å². The van der Waals surface area contributed by atoms with Crippen LogP contribution in [0.4, 0.5) is 0 Å². The van der Waals surface area contributed by atoms with Crippen molar-refractivity contribution in [3.05, 3.63) is 0 Å². The van der Waals surface area contributed by atoms with Crippen LogP contribution in [0.1, 0.15) is 13.3 Å². The van der Waals surface area contributed by atoms with Gasteiger partial charge < -0.3 is 9.47 Å². The molecule has 17 heavy (non-hydrogen) atoms. The van der Waals surface area contributed by atoms with Gasteiger partial charge in [0, 0.05) is 13.1 Å². The Hall–Kier alpha value is -0.700. The number of carbonyl (C=O) groups is 1. The van der Waals surface area contributed by atoms with Crippen molar-refractivity contribution < 1.29 is 22.7 Å². The van der Waals surface area contributed by atoms with E-state index < -0.39 is 22.3 Å². The molecule has 1 heterocycles. The van der Waals surface area contributed by atoms with E-state index in [0.717, 1.165) is 0 Å². The Kier molecular flexibility index (Phi) is 5.31. The third-order valence-corrected chi connectivity index (χ3v) is 3.95. The number of ether oxygens (including phenoxy) is 2. The van der Waals surface area contributed by atoms with Crippen molar-refractivity contribution in [3.63, 3.8) is 0 Å². The zero-order chi connectivity index (χ0) is 12.9. The molecule has 0 amide bonds. The summed E-state index contributed by atoms with van der Waals surface area (Å²) in [6.45, 7) is 2.67. The molecule has 0 aromatic rings. The third kappa shape index (κ3) is 3.91. The molecule has 8 heteroatoms. The van der Waals surface area contributed by atoms with Crippen LogP contribution in [0, 0.1) is 0 Å². The summed E-state index contributed by atoms with van der Waals surface area (Å²) in [5, 5.41) is 0. The van der Waals surface area contributed by atoms with Crippen LogP contribution in [-0.2, 0) is 24.5 Å². The third-order valence-electron chi connectivity index (χ3n) is 2.37. The molecule has 1 N–H and O–H groups in total. The van der Waals surface area contributed by atoms with Gasteiger partial charge in [0.2, 0.25) is 0 Å². The minimum atomic E-state index is -3.52. The number of nitrogens with one attached hydrogen (secondary N) is 1. The molecule has 1 fully saturated rings. The number of hydrogen-bond acceptors (Lipinski definition) is 5. The average Bonchev–Trinajstić information content (AvgIpc) is 2.35. The highest BCUT2D eigenvalue weighted by Gasteiger charge is 2.33. The van der Waals surface area contributed by atoms with Gasteiger partial charge in [-0.25, -0.2) is 9.52 Å². The van der Waals surface area contributed by atoms with Gasteiger partial charge in [-0.1, -0.05) is 6.92 Å². The normalized spacial score (nSPS) is 22.4. The molecule has 1 rings (SSSR count). The van der Waals surface area contributed by atoms with Gasteiger partial charge >= 0.3 is 5.97 Å². The first-order valence-electron chi connectivity index (χ1n) is 5.45. The maximum absolute atomic E-state index is 11.8. The lowest BCUT2D eigenvalue weighted by molar-refractivity contribution is -0.157. The molecule has 0 spiro atoms. The van der Waals surface area contributed by atoms with Gasteiger partial charge in [0.05, 0.1) is 20.3 Å². The zero-order valence-corrected chi connectivity index (χ0v) is 10.8. The van der Waals surface area contributed by atoms with Crippen molar-refractivity contribution in [1.82, 2.24) is 9.03 Å². The highest BCUT2D eigenvalue weighted by Crippen LogP contribution is 2.10. The Labute approximate surface area is 101 Å². The van der Waals surface area contributed by atoms with Crippen molar-refractivity contribution in [2.24, 2.45) is 0 Å². The van der Waals surface area contributed by atoms with Crippen LogP contribution in [-0.4, -0.2) is 58.1 Å². The first-order valence-corrected chi connectivity index (χ1v) is 6.89. The highest BCUT2D eigenvalue weighted by atomic mass is 32.2. The molecular weight excluding hydrogens is 248 g/mol. The number of carbonyl (C=O) groups excluding carboxylic acids is 1. The molecule has 0 aliphatic carbocycles. The number of esters is 1. The Morgan fingerprint density at radius 1 is 1.59 bits per heavy atom. The summed E-state index contributed by atoms with van der Waals surface area (Å²) in [4.78, 5) is 11.3. The number of morpholine rings is 1. The lowest BCUT2D eigenvalue weighted by Gasteiger charge is -2.30. The van der Waals surface area contributed by atoms with Gasteiger partial charge in [-0.05, 0) is 6.42 Å². The molecule has 7 nitrogen and oxygen atoms in total. The van der Waals surface area contributed by atoms with Crippen molar-refractivity contribution in [2.75, 3.05) is 33.4 Å². The fourth-order valence-electron chi connectivity index (χ4n) is 1.44. The summed E-state index contributed by atoms with van der Waals surface area (Å²) < 4.78 is 36.9. The van der Waals surface area contributed by atoms with Crippen LogP contribution in [0.25, 0.3) is 0 Å². The molecule has 1 atom stereocenters. The molecular formula is C9H18N2O5S. The molecule has 100 valence electrons. The van der Waals surface area contributed by atoms with Crippen molar-refractivity contribution in [1.29, 1.82) is 0 Å². The molecule has 0 aromatic heterocycles. The number of methoxy groups -OCH3 is 1. The summed E-state index contributed by atoms with van der Waals surface area (Å²) in [7, 11) is -2.28. The standard InChI is InChI=1S/C9H18N2O5S/c1-3-4-10-17(13,14)11-5-6-16-8(7-11)9(12)15-2/h8,10H,3-7H2,1-2H3. The van der Waals surface area contributed by atoms with Crippen LogP contribution in [0.15, 0.2) is 0 Å². The fraction of sp³-hybridized carbons (Fsp3) is 0.889. The van der Waals surface area contributed by atoms with E-state index in [1.54, 1.807) is 0 Å². The quantitative estimate of drug-likeness (QED) is 0.652. The van der Waals surface area contributed by atoms with E-state index in [1.807, 2.05) is 6.92 Å². The van der Waals surface area contributed by atoms with Crippen molar-refractivity contribution in [3.8, 4) is 0 Å². The highest BCUT2D eigenvalue weighted by molar-refractivity contribution is 7.87. The Bertz CT molecular complexity index is 356. The topological polar surface area (TPSA) is 84.9 Å². The van der Waals surface area contributed by atoms with E-state index in [0.29, 0.717) is 13.0 Å². The summed E-state index contributed by atoms with van der Waals surface area (Å²) in [5.74, 6) is -0.555. The van der Waals surface area contributed by atoms with E-state index in [2.05, 4.69) is 9.46 Å². The number of rotatable bonds is 5. The Morgan fingerprint density at radius 2 is 2.29 bits per heavy atom. The molecule has 0 saturated carbocycles. The van der Waals surface area contributed by atoms with Gasteiger partial charge in [0.25, 0.3) is 10.2 Å². The summed E-state index contributed by atoms with van der Waals surface area (Å²) in [6, 6.07) is 0. The maximum Gasteiger partial charge on any atom is 0.336 e. The van der Waals surface area contributed by atoms with Crippen molar-refractivity contribution >= 4 is 16.2 Å². The van der Waals surface area contributed by atoms with E-state index in [9.17, 15) is 13.2 Å². The van der Waals surface area contributed by atoms with E-state index in [4.69, 9.17) is 4.74 Å². The Balaban J connectivity index is 2.63. The molecule has 1 aliphatic rings. The lowest BCUT2D eigenvalue weighted by atomic mass is 10.3. The maximum atomic E-state index is 11.8. The number of nitrogens with zero attached hydrogens (tertiary/aromatic N) is 1. The molecule has 0 radical (unpaired) electrons. The smallest absolute Gasteiger partial charge is 0.336 e. The predicted molar refractivity (Wildman–Crippen MR) is 60.5 cm³/mol. The van der Waals surface area contributed by atoms with Crippen LogP contribution in [0.3, 0.4) is 0 Å². The van der Waals surface area contributed by atoms with Gasteiger partial charge in [-0.2, -0.15) is 12.7 Å². The predicted octanol–water partition coefficient (Wildman–Crippen LogP) is -0.895. The minimum Gasteiger partial charge on any atom is -0.467 e. The van der Waals surface area contributed by atoms with Gasteiger partial charge in [-0.3, -0.25) is 0 Å². The van der Waals surface area contributed by atoms with Crippen LogP contribution in [0.5, 0.6) is 0 Å². The van der Waals surface area contributed by atoms with E-state index in [-0.39, 0.29) is 19.7 Å². The summed E-state index contributed by atoms with van der Waals surface area (Å²) in [6.07, 6.45) is -0.128. The lowest BCUT2D eigenvalue weighted by Crippen LogP contribution is -2.52. The molecule has 1 unspecified atom stereocenters. The van der Waals surface area contributed by atoms with Gasteiger partial charge in [-0.15, -0.1) is 0 Å². The number of hydrogen-bond donors (Lipinski definition) is 1. The molecule has 1 saturated heterocycles. The van der Waals surface area contributed by atoms with Crippen LogP contribution in [0.2, 0.25) is 0 Å². The zero-order valence-electron chi connectivity index (χ0n) is 10.0. The summed E-state index contributed by atoms with van der Waals surface area (Å²) in [5.41, 5.74) is 0. The van der Waals surface area contributed by atoms with Crippen molar-refractivity contribution in [2.45, 2.75) is 19.4 Å². The van der Waals surface area contributed by atoms with Gasteiger partial charge in [0.15, 0.2) is 6.10 Å². The monoisotopic (exact) mass is 266 g/mol. The SMILES string of the molecule is CCCNS(=O)(=O)N1CCOC(C(=O)OC)C1. The van der Waals surface area contributed by atoms with Gasteiger partial charge in [0.1, 0.15) is 0 Å².